The summed E-state index contributed by atoms with van der Waals surface area (Å²) in [6.07, 6.45) is 1.53. The van der Waals surface area contributed by atoms with Crippen molar-refractivity contribution in [2.75, 3.05) is 6.54 Å². The molecule has 0 fully saturated rings. The van der Waals surface area contributed by atoms with Crippen molar-refractivity contribution in [3.8, 4) is 0 Å². The minimum absolute atomic E-state index is 0.0307. The van der Waals surface area contributed by atoms with E-state index in [2.05, 4.69) is 10.6 Å². The largest absolute Gasteiger partial charge is 0.355 e. The molecule has 0 bridgehead atoms. The minimum Gasteiger partial charge on any atom is -0.355 e. The molecular formula is C16H24N2O2. The van der Waals surface area contributed by atoms with Crippen molar-refractivity contribution in [2.24, 2.45) is 0 Å². The summed E-state index contributed by atoms with van der Waals surface area (Å²) in [5.41, 5.74) is 0.784. The Balaban J connectivity index is 2.24. The number of benzene rings is 1. The Kier molecular flexibility index (Phi) is 6.22. The SMILES string of the molecule is CCC(C)(C)NC(=O)CCNC(=O)Cc1ccccc1. The summed E-state index contributed by atoms with van der Waals surface area (Å²) < 4.78 is 0. The van der Waals surface area contributed by atoms with Gasteiger partial charge in [-0.3, -0.25) is 9.59 Å². The van der Waals surface area contributed by atoms with Crippen molar-refractivity contribution in [1.29, 1.82) is 0 Å². The predicted octanol–water partition coefficient (Wildman–Crippen LogP) is 2.04. The van der Waals surface area contributed by atoms with Crippen LogP contribution in [0.15, 0.2) is 30.3 Å². The predicted molar refractivity (Wildman–Crippen MR) is 80.3 cm³/mol. The number of carbonyl (C=O) groups excluding carboxylic acids is 2. The summed E-state index contributed by atoms with van der Waals surface area (Å²) in [6.45, 7) is 6.37. The topological polar surface area (TPSA) is 58.2 Å². The molecule has 2 N–H and O–H groups in total. The number of rotatable bonds is 7. The quantitative estimate of drug-likeness (QED) is 0.800. The summed E-state index contributed by atoms with van der Waals surface area (Å²) in [5.74, 6) is -0.0874. The van der Waals surface area contributed by atoms with E-state index >= 15 is 0 Å². The maximum Gasteiger partial charge on any atom is 0.224 e. The van der Waals surface area contributed by atoms with Gasteiger partial charge in [0.05, 0.1) is 6.42 Å². The van der Waals surface area contributed by atoms with Gasteiger partial charge in [0, 0.05) is 18.5 Å². The fraction of sp³-hybridized carbons (Fsp3) is 0.500. The summed E-state index contributed by atoms with van der Waals surface area (Å²) in [4.78, 5) is 23.4. The molecule has 0 saturated heterocycles. The van der Waals surface area contributed by atoms with Crippen LogP contribution in [-0.4, -0.2) is 23.9 Å². The molecule has 0 saturated carbocycles. The van der Waals surface area contributed by atoms with E-state index in [1.807, 2.05) is 51.1 Å². The molecule has 110 valence electrons. The normalized spacial score (nSPS) is 10.9. The maximum atomic E-state index is 11.7. The molecule has 0 atom stereocenters. The van der Waals surface area contributed by atoms with Crippen LogP contribution < -0.4 is 10.6 Å². The van der Waals surface area contributed by atoms with Gasteiger partial charge in [-0.25, -0.2) is 0 Å². The lowest BCUT2D eigenvalue weighted by atomic mass is 10.0. The van der Waals surface area contributed by atoms with Crippen LogP contribution in [0.5, 0.6) is 0 Å². The van der Waals surface area contributed by atoms with E-state index < -0.39 is 0 Å². The molecule has 0 aliphatic heterocycles. The second-order valence-electron chi connectivity index (χ2n) is 5.55. The maximum absolute atomic E-state index is 11.7. The van der Waals surface area contributed by atoms with Crippen LogP contribution in [0, 0.1) is 0 Å². The van der Waals surface area contributed by atoms with Crippen LogP contribution in [0.25, 0.3) is 0 Å². The molecule has 0 unspecified atom stereocenters. The minimum atomic E-state index is -0.189. The molecule has 0 aromatic heterocycles. The Hall–Kier alpha value is -1.84. The third-order valence-corrected chi connectivity index (χ3v) is 3.24. The standard InChI is InChI=1S/C16H24N2O2/c1-4-16(2,3)18-14(19)10-11-17-15(20)12-13-8-6-5-7-9-13/h5-9H,4,10-12H2,1-3H3,(H,17,20)(H,18,19). The average Bonchev–Trinajstić information content (AvgIpc) is 2.39. The molecular weight excluding hydrogens is 252 g/mol. The number of amides is 2. The van der Waals surface area contributed by atoms with E-state index in [0.717, 1.165) is 12.0 Å². The number of hydrogen-bond donors (Lipinski definition) is 2. The molecule has 2 amide bonds. The molecule has 20 heavy (non-hydrogen) atoms. The van der Waals surface area contributed by atoms with Gasteiger partial charge in [-0.15, -0.1) is 0 Å². The highest BCUT2D eigenvalue weighted by Gasteiger charge is 2.17. The van der Waals surface area contributed by atoms with Crippen LogP contribution >= 0.6 is 0 Å². The zero-order valence-electron chi connectivity index (χ0n) is 12.5. The number of carbonyl (C=O) groups is 2. The van der Waals surface area contributed by atoms with Gasteiger partial charge >= 0.3 is 0 Å². The van der Waals surface area contributed by atoms with Crippen LogP contribution in [-0.2, 0) is 16.0 Å². The second-order valence-corrected chi connectivity index (χ2v) is 5.55. The van der Waals surface area contributed by atoms with Gasteiger partial charge in [0.1, 0.15) is 0 Å². The fourth-order valence-corrected chi connectivity index (χ4v) is 1.69. The highest BCUT2D eigenvalue weighted by molar-refractivity contribution is 5.80. The van der Waals surface area contributed by atoms with Gasteiger partial charge < -0.3 is 10.6 Å². The Labute approximate surface area is 121 Å². The second kappa shape index (κ2) is 7.68. The lowest BCUT2D eigenvalue weighted by Gasteiger charge is -2.24. The fourth-order valence-electron chi connectivity index (χ4n) is 1.69. The third kappa shape index (κ3) is 6.36. The van der Waals surface area contributed by atoms with E-state index in [1.165, 1.54) is 0 Å². The molecule has 4 nitrogen and oxygen atoms in total. The van der Waals surface area contributed by atoms with Crippen LogP contribution in [0.3, 0.4) is 0 Å². The molecule has 1 aromatic rings. The van der Waals surface area contributed by atoms with Gasteiger partial charge in [0.15, 0.2) is 0 Å². The Morgan fingerprint density at radius 1 is 1.10 bits per heavy atom. The summed E-state index contributed by atoms with van der Waals surface area (Å²) in [5, 5.41) is 5.71. The van der Waals surface area contributed by atoms with E-state index in [9.17, 15) is 9.59 Å². The Bertz CT molecular complexity index is 441. The number of nitrogens with one attached hydrogen (secondary N) is 2. The zero-order chi connectivity index (χ0) is 15.0. The van der Waals surface area contributed by atoms with Gasteiger partial charge in [0.2, 0.25) is 11.8 Å². The first-order valence-corrected chi connectivity index (χ1v) is 7.04. The van der Waals surface area contributed by atoms with E-state index in [-0.39, 0.29) is 17.4 Å². The van der Waals surface area contributed by atoms with Crippen molar-refractivity contribution >= 4 is 11.8 Å². The molecule has 0 aliphatic carbocycles. The molecule has 4 heteroatoms. The highest BCUT2D eigenvalue weighted by Crippen LogP contribution is 2.06. The summed E-state index contributed by atoms with van der Waals surface area (Å²) in [7, 11) is 0. The third-order valence-electron chi connectivity index (χ3n) is 3.24. The molecule has 0 spiro atoms. The van der Waals surface area contributed by atoms with E-state index in [0.29, 0.717) is 19.4 Å². The first-order chi connectivity index (χ1) is 9.43. The molecule has 1 aromatic carbocycles. The van der Waals surface area contributed by atoms with Crippen molar-refractivity contribution in [1.82, 2.24) is 10.6 Å². The monoisotopic (exact) mass is 276 g/mol. The molecule has 1 rings (SSSR count). The molecule has 0 radical (unpaired) electrons. The van der Waals surface area contributed by atoms with Crippen molar-refractivity contribution in [3.05, 3.63) is 35.9 Å². The van der Waals surface area contributed by atoms with Gasteiger partial charge in [0.25, 0.3) is 0 Å². The number of hydrogen-bond acceptors (Lipinski definition) is 2. The first kappa shape index (κ1) is 16.2. The van der Waals surface area contributed by atoms with Crippen LogP contribution in [0.4, 0.5) is 0 Å². The average molecular weight is 276 g/mol. The van der Waals surface area contributed by atoms with E-state index in [1.54, 1.807) is 0 Å². The van der Waals surface area contributed by atoms with Gasteiger partial charge in [-0.2, -0.15) is 0 Å². The summed E-state index contributed by atoms with van der Waals surface area (Å²) >= 11 is 0. The Morgan fingerprint density at radius 2 is 1.75 bits per heavy atom. The first-order valence-electron chi connectivity index (χ1n) is 7.04. The van der Waals surface area contributed by atoms with Crippen LogP contribution in [0.1, 0.15) is 39.2 Å². The van der Waals surface area contributed by atoms with Crippen LogP contribution in [0.2, 0.25) is 0 Å². The van der Waals surface area contributed by atoms with E-state index in [4.69, 9.17) is 0 Å². The van der Waals surface area contributed by atoms with Gasteiger partial charge in [-0.1, -0.05) is 37.3 Å². The Morgan fingerprint density at radius 3 is 2.35 bits per heavy atom. The van der Waals surface area contributed by atoms with Gasteiger partial charge in [-0.05, 0) is 25.8 Å². The van der Waals surface area contributed by atoms with Crippen molar-refractivity contribution in [2.45, 2.75) is 45.6 Å². The highest BCUT2D eigenvalue weighted by atomic mass is 16.2. The van der Waals surface area contributed by atoms with Crippen molar-refractivity contribution < 1.29 is 9.59 Å². The summed E-state index contributed by atoms with van der Waals surface area (Å²) in [6, 6.07) is 9.55. The molecule has 0 heterocycles. The van der Waals surface area contributed by atoms with Crippen molar-refractivity contribution in [3.63, 3.8) is 0 Å². The lowest BCUT2D eigenvalue weighted by Crippen LogP contribution is -2.43. The smallest absolute Gasteiger partial charge is 0.224 e. The molecule has 0 aliphatic rings. The zero-order valence-corrected chi connectivity index (χ0v) is 12.5. The lowest BCUT2D eigenvalue weighted by molar-refractivity contribution is -0.123.